The maximum Gasteiger partial charge on any atom is 0.240 e. The topological polar surface area (TPSA) is 38.7 Å². The van der Waals surface area contributed by atoms with Gasteiger partial charge in [0.1, 0.15) is 10.8 Å². The predicted octanol–water partition coefficient (Wildman–Crippen LogP) is 2.71. The first kappa shape index (κ1) is 9.78. The molecule has 1 aromatic rings. The molecule has 0 saturated carbocycles. The maximum atomic E-state index is 10.0. The van der Waals surface area contributed by atoms with Crippen LogP contribution in [-0.2, 0) is 4.79 Å². The summed E-state index contributed by atoms with van der Waals surface area (Å²) in [5.41, 5.74) is 0.377. The van der Waals surface area contributed by atoms with E-state index in [0.29, 0.717) is 23.1 Å². The van der Waals surface area contributed by atoms with Crippen LogP contribution in [0.2, 0.25) is 5.02 Å². The second-order valence-corrected chi connectivity index (χ2v) is 2.60. The number of nitrogens with zero attached hydrogens (tertiary/aromatic N) is 1. The van der Waals surface area contributed by atoms with Crippen molar-refractivity contribution in [3.63, 3.8) is 0 Å². The van der Waals surface area contributed by atoms with Crippen molar-refractivity contribution in [1.82, 2.24) is 0 Å². The fourth-order valence-corrected chi connectivity index (χ4v) is 1.12. The first-order valence-electron chi connectivity index (χ1n) is 3.78. The van der Waals surface area contributed by atoms with E-state index in [1.54, 1.807) is 18.2 Å². The van der Waals surface area contributed by atoms with Crippen LogP contribution in [0.25, 0.3) is 0 Å². The minimum absolute atomic E-state index is 0.340. The smallest absolute Gasteiger partial charge is 0.240 e. The van der Waals surface area contributed by atoms with E-state index in [2.05, 4.69) is 4.99 Å². The van der Waals surface area contributed by atoms with Gasteiger partial charge in [-0.25, -0.2) is 4.79 Å². The molecule has 0 unspecified atom stereocenters. The number of hydrogen-bond acceptors (Lipinski definition) is 3. The van der Waals surface area contributed by atoms with Crippen molar-refractivity contribution in [2.45, 2.75) is 6.92 Å². The third-order valence-electron chi connectivity index (χ3n) is 1.41. The average Bonchev–Trinajstić information content (AvgIpc) is 2.13. The zero-order chi connectivity index (χ0) is 9.68. The molecule has 1 rings (SSSR count). The summed E-state index contributed by atoms with van der Waals surface area (Å²) in [7, 11) is 0. The Hall–Kier alpha value is -1.31. The van der Waals surface area contributed by atoms with Gasteiger partial charge >= 0.3 is 0 Å². The first-order chi connectivity index (χ1) is 6.29. The number of ether oxygens (including phenoxy) is 1. The Kier molecular flexibility index (Phi) is 3.50. The quantitative estimate of drug-likeness (QED) is 0.552. The molecule has 0 aliphatic rings. The van der Waals surface area contributed by atoms with Gasteiger partial charge in [-0.3, -0.25) is 0 Å². The second kappa shape index (κ2) is 4.65. The van der Waals surface area contributed by atoms with Crippen LogP contribution >= 0.6 is 11.6 Å². The third-order valence-corrected chi connectivity index (χ3v) is 1.79. The highest BCUT2D eigenvalue weighted by Gasteiger charge is 2.04. The molecule has 0 N–H and O–H groups in total. The van der Waals surface area contributed by atoms with Crippen molar-refractivity contribution in [2.75, 3.05) is 6.61 Å². The fraction of sp³-hybridized carbons (Fsp3) is 0.222. The highest BCUT2D eigenvalue weighted by atomic mass is 35.5. The first-order valence-corrected chi connectivity index (χ1v) is 4.16. The van der Waals surface area contributed by atoms with Crippen LogP contribution < -0.4 is 4.74 Å². The van der Waals surface area contributed by atoms with E-state index in [9.17, 15) is 4.79 Å². The average molecular weight is 198 g/mol. The van der Waals surface area contributed by atoms with Crippen LogP contribution in [0.5, 0.6) is 5.75 Å². The van der Waals surface area contributed by atoms with Crippen molar-refractivity contribution in [3.8, 4) is 5.75 Å². The Bertz CT molecular complexity index is 345. The maximum absolute atomic E-state index is 10.0. The lowest BCUT2D eigenvalue weighted by molar-refractivity contribution is 0.340. The Labute approximate surface area is 81.0 Å². The third kappa shape index (κ3) is 2.31. The van der Waals surface area contributed by atoms with Gasteiger partial charge in [0.2, 0.25) is 6.08 Å². The lowest BCUT2D eigenvalue weighted by Crippen LogP contribution is -1.91. The number of hydrogen-bond donors (Lipinski definition) is 0. The molecule has 0 bridgehead atoms. The molecule has 0 spiro atoms. The molecule has 3 nitrogen and oxygen atoms in total. The van der Waals surface area contributed by atoms with Gasteiger partial charge in [0.05, 0.1) is 12.3 Å². The van der Waals surface area contributed by atoms with Crippen LogP contribution in [0, 0.1) is 0 Å². The Balaban J connectivity index is 3.10. The molecule has 0 amide bonds. The van der Waals surface area contributed by atoms with E-state index in [-0.39, 0.29) is 0 Å². The minimum atomic E-state index is 0.340. The van der Waals surface area contributed by atoms with Crippen molar-refractivity contribution in [1.29, 1.82) is 0 Å². The molecule has 0 aliphatic carbocycles. The standard InChI is InChI=1S/C9H8ClNO2/c1-2-13-8-5-3-4-7(9(8)10)11-6-12/h3-5H,2H2,1H3. The Morgan fingerprint density at radius 3 is 3.00 bits per heavy atom. The van der Waals surface area contributed by atoms with Crippen molar-refractivity contribution >= 4 is 23.4 Å². The molecule has 13 heavy (non-hydrogen) atoms. The van der Waals surface area contributed by atoms with Crippen LogP contribution in [0.15, 0.2) is 23.2 Å². The van der Waals surface area contributed by atoms with E-state index in [4.69, 9.17) is 16.3 Å². The second-order valence-electron chi connectivity index (χ2n) is 2.23. The summed E-state index contributed by atoms with van der Waals surface area (Å²) in [5.74, 6) is 0.528. The summed E-state index contributed by atoms with van der Waals surface area (Å²) in [6.07, 6.45) is 1.43. The highest BCUT2D eigenvalue weighted by Crippen LogP contribution is 2.33. The molecular weight excluding hydrogens is 190 g/mol. The lowest BCUT2D eigenvalue weighted by Gasteiger charge is -2.05. The largest absolute Gasteiger partial charge is 0.492 e. The van der Waals surface area contributed by atoms with E-state index < -0.39 is 0 Å². The molecular formula is C9H8ClNO2. The molecule has 0 saturated heterocycles. The van der Waals surface area contributed by atoms with Gasteiger partial charge in [0, 0.05) is 0 Å². The number of carbonyl (C=O) groups excluding carboxylic acids is 1. The van der Waals surface area contributed by atoms with Crippen molar-refractivity contribution in [2.24, 2.45) is 4.99 Å². The molecule has 1 aromatic carbocycles. The molecule has 0 aliphatic heterocycles. The number of benzene rings is 1. The highest BCUT2D eigenvalue weighted by molar-refractivity contribution is 6.34. The van der Waals surface area contributed by atoms with Gasteiger partial charge in [0.15, 0.2) is 0 Å². The summed E-state index contributed by atoms with van der Waals surface area (Å²) in [5, 5.41) is 0.340. The van der Waals surface area contributed by atoms with Crippen LogP contribution in [0.1, 0.15) is 6.92 Å². The van der Waals surface area contributed by atoms with Gasteiger partial charge in [-0.1, -0.05) is 17.7 Å². The number of isocyanates is 1. The summed E-state index contributed by atoms with van der Waals surface area (Å²) < 4.78 is 5.20. The van der Waals surface area contributed by atoms with Crippen LogP contribution in [0.4, 0.5) is 5.69 Å². The van der Waals surface area contributed by atoms with Gasteiger partial charge in [-0.2, -0.15) is 4.99 Å². The van der Waals surface area contributed by atoms with Gasteiger partial charge in [0.25, 0.3) is 0 Å². The Morgan fingerprint density at radius 2 is 2.38 bits per heavy atom. The summed E-state index contributed by atoms with van der Waals surface area (Å²) >= 11 is 5.87. The lowest BCUT2D eigenvalue weighted by atomic mass is 10.3. The molecule has 0 fully saturated rings. The van der Waals surface area contributed by atoms with Gasteiger partial charge in [-0.15, -0.1) is 0 Å². The predicted molar refractivity (Wildman–Crippen MR) is 50.4 cm³/mol. The van der Waals surface area contributed by atoms with E-state index in [0.717, 1.165) is 0 Å². The van der Waals surface area contributed by atoms with Crippen LogP contribution in [0.3, 0.4) is 0 Å². The molecule has 0 atom stereocenters. The number of halogens is 1. The monoisotopic (exact) mass is 197 g/mol. The zero-order valence-electron chi connectivity index (χ0n) is 7.08. The molecule has 4 heteroatoms. The number of rotatable bonds is 3. The number of aliphatic imine (C=N–C) groups is 1. The molecule has 0 radical (unpaired) electrons. The van der Waals surface area contributed by atoms with Gasteiger partial charge < -0.3 is 4.74 Å². The van der Waals surface area contributed by atoms with Crippen molar-refractivity contribution < 1.29 is 9.53 Å². The summed E-state index contributed by atoms with van der Waals surface area (Å²) in [6.45, 7) is 2.37. The van der Waals surface area contributed by atoms with E-state index in [1.165, 1.54) is 6.08 Å². The van der Waals surface area contributed by atoms with Gasteiger partial charge in [-0.05, 0) is 19.1 Å². The molecule has 0 aromatic heterocycles. The molecule has 68 valence electrons. The van der Waals surface area contributed by atoms with E-state index in [1.807, 2.05) is 6.92 Å². The normalized spacial score (nSPS) is 9.08. The fourth-order valence-electron chi connectivity index (χ4n) is 0.902. The Morgan fingerprint density at radius 1 is 1.62 bits per heavy atom. The van der Waals surface area contributed by atoms with Crippen LogP contribution in [-0.4, -0.2) is 12.7 Å². The zero-order valence-corrected chi connectivity index (χ0v) is 7.84. The SMILES string of the molecule is CCOc1cccc(N=C=O)c1Cl. The molecule has 0 heterocycles. The summed E-state index contributed by atoms with van der Waals surface area (Å²) in [6, 6.07) is 5.05. The van der Waals surface area contributed by atoms with E-state index >= 15 is 0 Å². The summed E-state index contributed by atoms with van der Waals surface area (Å²) in [4.78, 5) is 13.4. The van der Waals surface area contributed by atoms with Crippen molar-refractivity contribution in [3.05, 3.63) is 23.2 Å². The minimum Gasteiger partial charge on any atom is -0.492 e.